The second-order valence-electron chi connectivity index (χ2n) is 5.37. The minimum atomic E-state index is -1.10. The topological polar surface area (TPSA) is 21.5 Å². The van der Waals surface area contributed by atoms with Crippen LogP contribution in [-0.4, -0.2) is 24.3 Å². The van der Waals surface area contributed by atoms with Crippen LogP contribution in [0.4, 0.5) is 0 Å². The van der Waals surface area contributed by atoms with E-state index in [1.165, 1.54) is 10.5 Å². The van der Waals surface area contributed by atoms with Crippen LogP contribution < -0.4 is 4.90 Å². The summed E-state index contributed by atoms with van der Waals surface area (Å²) in [6.07, 6.45) is 0.942. The maximum Gasteiger partial charge on any atom is 0.0883 e. The maximum atomic E-state index is 12.7. The summed E-state index contributed by atoms with van der Waals surface area (Å²) in [5.41, 5.74) is 1.18. The van der Waals surface area contributed by atoms with Crippen molar-refractivity contribution in [3.8, 4) is 0 Å². The first-order chi connectivity index (χ1) is 9.59. The number of rotatable bonds is 5. The van der Waals surface area contributed by atoms with Crippen molar-refractivity contribution in [3.63, 3.8) is 0 Å². The van der Waals surface area contributed by atoms with E-state index >= 15 is 0 Å². The molecule has 0 fully saturated rings. The van der Waals surface area contributed by atoms with Crippen molar-refractivity contribution in [2.75, 3.05) is 14.1 Å². The van der Waals surface area contributed by atoms with E-state index in [9.17, 15) is 4.21 Å². The summed E-state index contributed by atoms with van der Waals surface area (Å²) in [5, 5.41) is 0. The molecule has 0 saturated carbocycles. The minimum absolute atomic E-state index is 0.504. The third kappa shape index (κ3) is 3.56. The van der Waals surface area contributed by atoms with E-state index in [-0.39, 0.29) is 0 Å². The lowest BCUT2D eigenvalue weighted by atomic mass is 10.1. The number of hydrogen-bond donors (Lipinski definition) is 1. The van der Waals surface area contributed by atoms with E-state index in [1.807, 2.05) is 48.5 Å². The van der Waals surface area contributed by atoms with Gasteiger partial charge in [0.2, 0.25) is 0 Å². The van der Waals surface area contributed by atoms with Gasteiger partial charge < -0.3 is 4.90 Å². The fourth-order valence-electron chi connectivity index (χ4n) is 2.06. The predicted molar refractivity (Wildman–Crippen MR) is 83.5 cm³/mol. The molecular weight excluding hydrogens is 266 g/mol. The van der Waals surface area contributed by atoms with E-state index < -0.39 is 10.8 Å². The Balaban J connectivity index is 2.31. The third-order valence-corrected chi connectivity index (χ3v) is 5.14. The van der Waals surface area contributed by atoms with Gasteiger partial charge in [-0.05, 0) is 30.7 Å². The number of nitrogens with one attached hydrogen (secondary N) is 1. The molecule has 0 bridgehead atoms. The summed E-state index contributed by atoms with van der Waals surface area (Å²) in [6, 6.07) is 18.2. The van der Waals surface area contributed by atoms with E-state index in [1.54, 1.807) is 0 Å². The second-order valence-corrected chi connectivity index (χ2v) is 6.82. The van der Waals surface area contributed by atoms with Crippen molar-refractivity contribution in [2.24, 2.45) is 0 Å². The van der Waals surface area contributed by atoms with Gasteiger partial charge in [-0.3, -0.25) is 0 Å². The van der Waals surface area contributed by atoms with Crippen LogP contribution in [0.15, 0.2) is 64.4 Å². The van der Waals surface area contributed by atoms with Crippen molar-refractivity contribution in [2.45, 2.75) is 29.2 Å². The molecular formula is C17H22NOS+. The van der Waals surface area contributed by atoms with Crippen molar-refractivity contribution in [1.82, 2.24) is 0 Å². The Kier molecular flexibility index (Phi) is 5.10. The van der Waals surface area contributed by atoms with Gasteiger partial charge in [-0.2, -0.15) is 0 Å². The lowest BCUT2D eigenvalue weighted by molar-refractivity contribution is -0.883. The van der Waals surface area contributed by atoms with Gasteiger partial charge in [0.25, 0.3) is 0 Å². The molecule has 0 aromatic heterocycles. The standard InChI is InChI=1S/C17H21NOS/c1-14(18(2)3)13-15-9-7-8-12-17(15)20(19)16-10-5-4-6-11-16/h4-12,14H,13H2,1-3H3/p+1/t14-,20+/m0/s1. The molecule has 0 spiro atoms. The summed E-state index contributed by atoms with van der Waals surface area (Å²) in [5.74, 6) is 0. The number of quaternary nitrogens is 1. The van der Waals surface area contributed by atoms with Crippen LogP contribution in [0.5, 0.6) is 0 Å². The largest absolute Gasteiger partial charge is 0.337 e. The zero-order valence-corrected chi connectivity index (χ0v) is 13.1. The lowest BCUT2D eigenvalue weighted by Gasteiger charge is -2.18. The minimum Gasteiger partial charge on any atom is -0.337 e. The first-order valence-electron chi connectivity index (χ1n) is 6.94. The van der Waals surface area contributed by atoms with Crippen molar-refractivity contribution < 1.29 is 9.11 Å². The molecule has 0 unspecified atom stereocenters. The molecule has 20 heavy (non-hydrogen) atoms. The monoisotopic (exact) mass is 288 g/mol. The Morgan fingerprint density at radius 1 is 1.00 bits per heavy atom. The molecule has 0 amide bonds. The van der Waals surface area contributed by atoms with Crippen LogP contribution in [0.2, 0.25) is 0 Å². The van der Waals surface area contributed by atoms with E-state index in [0.29, 0.717) is 6.04 Å². The van der Waals surface area contributed by atoms with E-state index in [4.69, 9.17) is 0 Å². The van der Waals surface area contributed by atoms with E-state index in [0.717, 1.165) is 16.2 Å². The fourth-order valence-corrected chi connectivity index (χ4v) is 3.31. The third-order valence-electron chi connectivity index (χ3n) is 3.64. The predicted octanol–water partition coefficient (Wildman–Crippen LogP) is 1.93. The normalized spacial score (nSPS) is 14.2. The smallest absolute Gasteiger partial charge is 0.0883 e. The molecule has 0 saturated heterocycles. The first-order valence-corrected chi connectivity index (χ1v) is 8.09. The summed E-state index contributed by atoms with van der Waals surface area (Å²) in [6.45, 7) is 2.22. The van der Waals surface area contributed by atoms with Gasteiger partial charge in [0, 0.05) is 16.2 Å². The highest BCUT2D eigenvalue weighted by molar-refractivity contribution is 7.85. The van der Waals surface area contributed by atoms with Crippen molar-refractivity contribution in [3.05, 3.63) is 60.2 Å². The molecule has 3 heteroatoms. The molecule has 2 aromatic rings. The molecule has 2 rings (SSSR count). The van der Waals surface area contributed by atoms with Gasteiger partial charge in [0.15, 0.2) is 0 Å². The fraction of sp³-hybridized carbons (Fsp3) is 0.294. The number of benzene rings is 2. The second kappa shape index (κ2) is 6.82. The van der Waals surface area contributed by atoms with Gasteiger partial charge >= 0.3 is 0 Å². The Hall–Kier alpha value is -1.45. The first kappa shape index (κ1) is 14.9. The highest BCUT2D eigenvalue weighted by Gasteiger charge is 2.16. The van der Waals surface area contributed by atoms with E-state index in [2.05, 4.69) is 27.1 Å². The zero-order chi connectivity index (χ0) is 14.5. The maximum absolute atomic E-state index is 12.7. The van der Waals surface area contributed by atoms with Gasteiger partial charge in [-0.25, -0.2) is 4.21 Å². The SMILES string of the molecule is C[C@@H](Cc1ccccc1[S@](=O)c1ccccc1)[NH+](C)C. The summed E-state index contributed by atoms with van der Waals surface area (Å²) in [7, 11) is 3.21. The molecule has 106 valence electrons. The molecule has 2 atom stereocenters. The Labute approximate surface area is 123 Å². The van der Waals surface area contributed by atoms with Gasteiger partial charge in [0.1, 0.15) is 0 Å². The number of likely N-dealkylation sites (N-methyl/N-ethyl adjacent to an activating group) is 1. The molecule has 0 radical (unpaired) electrons. The molecule has 0 aliphatic rings. The Morgan fingerprint density at radius 2 is 1.60 bits per heavy atom. The Bertz CT molecular complexity index is 581. The van der Waals surface area contributed by atoms with Gasteiger partial charge in [-0.15, -0.1) is 0 Å². The highest BCUT2D eigenvalue weighted by atomic mass is 32.2. The van der Waals surface area contributed by atoms with Crippen molar-refractivity contribution in [1.29, 1.82) is 0 Å². The summed E-state index contributed by atoms with van der Waals surface area (Å²) in [4.78, 5) is 3.21. The summed E-state index contributed by atoms with van der Waals surface area (Å²) >= 11 is 0. The highest BCUT2D eigenvalue weighted by Crippen LogP contribution is 2.20. The molecule has 0 aliphatic carbocycles. The zero-order valence-electron chi connectivity index (χ0n) is 12.3. The average Bonchev–Trinajstić information content (AvgIpc) is 2.48. The van der Waals surface area contributed by atoms with Crippen LogP contribution in [0.25, 0.3) is 0 Å². The van der Waals surface area contributed by atoms with Crippen LogP contribution in [0.1, 0.15) is 12.5 Å². The molecule has 2 nitrogen and oxygen atoms in total. The molecule has 0 heterocycles. The summed E-state index contributed by atoms with van der Waals surface area (Å²) < 4.78 is 12.7. The molecule has 2 aromatic carbocycles. The molecule has 0 aliphatic heterocycles. The average molecular weight is 288 g/mol. The Morgan fingerprint density at radius 3 is 2.25 bits per heavy atom. The number of hydrogen-bond acceptors (Lipinski definition) is 1. The van der Waals surface area contributed by atoms with Crippen molar-refractivity contribution >= 4 is 10.8 Å². The quantitative estimate of drug-likeness (QED) is 0.892. The van der Waals surface area contributed by atoms with Crippen LogP contribution in [0, 0.1) is 0 Å². The van der Waals surface area contributed by atoms with Crippen LogP contribution in [-0.2, 0) is 17.2 Å². The van der Waals surface area contributed by atoms with Crippen LogP contribution in [0.3, 0.4) is 0 Å². The lowest BCUT2D eigenvalue weighted by Crippen LogP contribution is -3.09. The van der Waals surface area contributed by atoms with Gasteiger partial charge in [-0.1, -0.05) is 36.4 Å². The van der Waals surface area contributed by atoms with Crippen LogP contribution >= 0.6 is 0 Å². The molecule has 1 N–H and O–H groups in total. The van der Waals surface area contributed by atoms with Gasteiger partial charge in [0.05, 0.1) is 30.9 Å².